The molecule has 0 saturated heterocycles. The standard InChI is InChI=1S/C17H19FO4/c1-20-17-5-3-2-4-13(17)10-21-11-15(19)12-22-16-8-6-14(18)7-9-16/h2-9,15,19H,10-12H2,1H3. The van der Waals surface area contributed by atoms with Crippen LogP contribution in [0.25, 0.3) is 0 Å². The fraction of sp³-hybridized carbons (Fsp3) is 0.294. The van der Waals surface area contributed by atoms with Crippen molar-refractivity contribution in [3.63, 3.8) is 0 Å². The van der Waals surface area contributed by atoms with Crippen molar-refractivity contribution in [2.75, 3.05) is 20.3 Å². The molecule has 0 bridgehead atoms. The number of para-hydroxylation sites is 1. The van der Waals surface area contributed by atoms with Gasteiger partial charge in [0.15, 0.2) is 0 Å². The molecular weight excluding hydrogens is 287 g/mol. The van der Waals surface area contributed by atoms with E-state index < -0.39 is 6.10 Å². The molecule has 1 atom stereocenters. The van der Waals surface area contributed by atoms with E-state index >= 15 is 0 Å². The number of aliphatic hydroxyl groups is 1. The van der Waals surface area contributed by atoms with Crippen molar-refractivity contribution in [1.82, 2.24) is 0 Å². The molecule has 0 heterocycles. The summed E-state index contributed by atoms with van der Waals surface area (Å²) in [6.07, 6.45) is -0.764. The average Bonchev–Trinajstić information content (AvgIpc) is 2.55. The zero-order valence-corrected chi connectivity index (χ0v) is 12.4. The number of halogens is 1. The van der Waals surface area contributed by atoms with Gasteiger partial charge >= 0.3 is 0 Å². The summed E-state index contributed by atoms with van der Waals surface area (Å²) in [4.78, 5) is 0. The Balaban J connectivity index is 1.71. The lowest BCUT2D eigenvalue weighted by atomic mass is 10.2. The van der Waals surface area contributed by atoms with Crippen LogP contribution in [0.5, 0.6) is 11.5 Å². The highest BCUT2D eigenvalue weighted by Crippen LogP contribution is 2.18. The highest BCUT2D eigenvalue weighted by Gasteiger charge is 2.07. The first kappa shape index (κ1) is 16.3. The highest BCUT2D eigenvalue weighted by atomic mass is 19.1. The van der Waals surface area contributed by atoms with Crippen molar-refractivity contribution in [1.29, 1.82) is 0 Å². The Bertz CT molecular complexity index is 571. The predicted molar refractivity (Wildman–Crippen MR) is 80.6 cm³/mol. The minimum absolute atomic E-state index is 0.0809. The molecule has 1 unspecified atom stereocenters. The molecule has 2 aromatic carbocycles. The molecule has 0 aliphatic carbocycles. The molecule has 22 heavy (non-hydrogen) atoms. The topological polar surface area (TPSA) is 47.9 Å². The Morgan fingerprint density at radius 2 is 1.77 bits per heavy atom. The monoisotopic (exact) mass is 306 g/mol. The van der Waals surface area contributed by atoms with Gasteiger partial charge in [-0.25, -0.2) is 4.39 Å². The Morgan fingerprint density at radius 1 is 1.05 bits per heavy atom. The van der Waals surface area contributed by atoms with Gasteiger partial charge in [-0.2, -0.15) is 0 Å². The molecule has 0 radical (unpaired) electrons. The maximum absolute atomic E-state index is 12.7. The number of methoxy groups -OCH3 is 1. The molecule has 0 amide bonds. The van der Waals surface area contributed by atoms with E-state index in [9.17, 15) is 9.50 Å². The Hall–Kier alpha value is -2.11. The summed E-state index contributed by atoms with van der Waals surface area (Å²) in [6.45, 7) is 0.564. The van der Waals surface area contributed by atoms with Crippen LogP contribution in [0.3, 0.4) is 0 Å². The van der Waals surface area contributed by atoms with E-state index in [1.54, 1.807) is 7.11 Å². The van der Waals surface area contributed by atoms with Crippen LogP contribution < -0.4 is 9.47 Å². The van der Waals surface area contributed by atoms with Crippen molar-refractivity contribution in [3.8, 4) is 11.5 Å². The molecule has 4 nitrogen and oxygen atoms in total. The Morgan fingerprint density at radius 3 is 2.50 bits per heavy atom. The van der Waals surface area contributed by atoms with Crippen LogP contribution in [0.2, 0.25) is 0 Å². The second-order valence-electron chi connectivity index (χ2n) is 4.75. The van der Waals surface area contributed by atoms with E-state index in [0.29, 0.717) is 12.4 Å². The van der Waals surface area contributed by atoms with Crippen LogP contribution in [0.1, 0.15) is 5.56 Å². The van der Waals surface area contributed by atoms with Crippen molar-refractivity contribution in [2.24, 2.45) is 0 Å². The fourth-order valence-corrected chi connectivity index (χ4v) is 1.90. The van der Waals surface area contributed by atoms with Gasteiger partial charge in [0.25, 0.3) is 0 Å². The van der Waals surface area contributed by atoms with Crippen LogP contribution in [0.15, 0.2) is 48.5 Å². The van der Waals surface area contributed by atoms with E-state index in [-0.39, 0.29) is 19.0 Å². The van der Waals surface area contributed by atoms with E-state index in [1.165, 1.54) is 24.3 Å². The summed E-state index contributed by atoms with van der Waals surface area (Å²) in [5.74, 6) is 0.928. The van der Waals surface area contributed by atoms with Crippen molar-refractivity contribution >= 4 is 0 Å². The number of benzene rings is 2. The summed E-state index contributed by atoms with van der Waals surface area (Å²) in [5.41, 5.74) is 0.914. The molecular formula is C17H19FO4. The van der Waals surface area contributed by atoms with E-state index in [2.05, 4.69) is 0 Å². The largest absolute Gasteiger partial charge is 0.496 e. The van der Waals surface area contributed by atoms with E-state index in [4.69, 9.17) is 14.2 Å². The van der Waals surface area contributed by atoms with Gasteiger partial charge in [0, 0.05) is 5.56 Å². The molecule has 0 aromatic heterocycles. The molecule has 118 valence electrons. The molecule has 0 saturated carbocycles. The molecule has 0 fully saturated rings. The van der Waals surface area contributed by atoms with Crippen molar-refractivity contribution in [2.45, 2.75) is 12.7 Å². The lowest BCUT2D eigenvalue weighted by Gasteiger charge is -2.14. The highest BCUT2D eigenvalue weighted by molar-refractivity contribution is 5.32. The van der Waals surface area contributed by atoms with E-state index in [0.717, 1.165) is 11.3 Å². The zero-order valence-electron chi connectivity index (χ0n) is 12.4. The maximum atomic E-state index is 12.7. The first-order valence-corrected chi connectivity index (χ1v) is 6.95. The summed E-state index contributed by atoms with van der Waals surface area (Å²) in [7, 11) is 1.60. The number of rotatable bonds is 8. The van der Waals surface area contributed by atoms with Gasteiger partial charge in [-0.3, -0.25) is 0 Å². The van der Waals surface area contributed by atoms with E-state index in [1.807, 2.05) is 24.3 Å². The van der Waals surface area contributed by atoms with Crippen molar-refractivity contribution in [3.05, 3.63) is 59.9 Å². The molecule has 1 N–H and O–H groups in total. The van der Waals surface area contributed by atoms with Gasteiger partial charge in [-0.05, 0) is 30.3 Å². The third-order valence-corrected chi connectivity index (χ3v) is 3.02. The first-order chi connectivity index (χ1) is 10.7. The first-order valence-electron chi connectivity index (χ1n) is 6.95. The Kier molecular flexibility index (Phi) is 6.18. The van der Waals surface area contributed by atoms with Crippen LogP contribution in [0, 0.1) is 5.82 Å². The summed E-state index contributed by atoms with van der Waals surface area (Å²) in [6, 6.07) is 13.2. The van der Waals surface area contributed by atoms with Gasteiger partial charge in [0.1, 0.15) is 30.0 Å². The number of hydrogen-bond acceptors (Lipinski definition) is 4. The molecule has 0 aliphatic heterocycles. The molecule has 0 spiro atoms. The lowest BCUT2D eigenvalue weighted by molar-refractivity contribution is 0.00502. The second-order valence-corrected chi connectivity index (χ2v) is 4.75. The smallest absolute Gasteiger partial charge is 0.124 e. The quantitative estimate of drug-likeness (QED) is 0.815. The third-order valence-electron chi connectivity index (χ3n) is 3.02. The normalized spacial score (nSPS) is 12.0. The summed E-state index contributed by atoms with van der Waals surface area (Å²) in [5, 5.41) is 9.81. The maximum Gasteiger partial charge on any atom is 0.124 e. The number of ether oxygens (including phenoxy) is 3. The van der Waals surface area contributed by atoms with Gasteiger partial charge in [0.05, 0.1) is 20.3 Å². The van der Waals surface area contributed by atoms with Gasteiger partial charge in [-0.15, -0.1) is 0 Å². The molecule has 2 rings (SSSR count). The van der Waals surface area contributed by atoms with Gasteiger partial charge < -0.3 is 19.3 Å². The third kappa shape index (κ3) is 5.02. The molecule has 2 aromatic rings. The second kappa shape index (κ2) is 8.36. The SMILES string of the molecule is COc1ccccc1COCC(O)COc1ccc(F)cc1. The lowest BCUT2D eigenvalue weighted by Crippen LogP contribution is -2.23. The minimum atomic E-state index is -0.764. The average molecular weight is 306 g/mol. The fourth-order valence-electron chi connectivity index (χ4n) is 1.90. The Labute approximate surface area is 129 Å². The van der Waals surface area contributed by atoms with Gasteiger partial charge in [-0.1, -0.05) is 18.2 Å². The van der Waals surface area contributed by atoms with Crippen LogP contribution in [-0.2, 0) is 11.3 Å². The molecule has 0 aliphatic rings. The number of aliphatic hydroxyl groups excluding tert-OH is 1. The van der Waals surface area contributed by atoms with Gasteiger partial charge in [0.2, 0.25) is 0 Å². The van der Waals surface area contributed by atoms with Crippen LogP contribution in [0.4, 0.5) is 4.39 Å². The minimum Gasteiger partial charge on any atom is -0.496 e. The number of hydrogen-bond donors (Lipinski definition) is 1. The zero-order chi connectivity index (χ0) is 15.8. The van der Waals surface area contributed by atoms with Crippen molar-refractivity contribution < 1.29 is 23.7 Å². The summed E-state index contributed by atoms with van der Waals surface area (Å²) < 4.78 is 28.8. The van der Waals surface area contributed by atoms with Crippen LogP contribution >= 0.6 is 0 Å². The predicted octanol–water partition coefficient (Wildman–Crippen LogP) is 2.79. The molecule has 5 heteroatoms. The van der Waals surface area contributed by atoms with Crippen LogP contribution in [-0.4, -0.2) is 31.5 Å². The summed E-state index contributed by atoms with van der Waals surface area (Å²) >= 11 is 0.